The topological polar surface area (TPSA) is 54.2 Å². The molecule has 2 atom stereocenters. The molecule has 0 aliphatic carbocycles. The van der Waals surface area contributed by atoms with E-state index in [4.69, 9.17) is 4.74 Å². The van der Waals surface area contributed by atoms with E-state index in [0.717, 1.165) is 18.5 Å². The first-order valence-corrected chi connectivity index (χ1v) is 7.52. The highest BCUT2D eigenvalue weighted by atomic mass is 16.5. The molecule has 1 N–H and O–H groups in total. The molecule has 0 radical (unpaired) electrons. The van der Waals surface area contributed by atoms with Crippen LogP contribution in [0.15, 0.2) is 33.9 Å². The number of aliphatic imine (C=N–C) groups is 2. The second-order valence-electron chi connectivity index (χ2n) is 5.49. The van der Waals surface area contributed by atoms with Gasteiger partial charge in [-0.2, -0.15) is 0 Å². The summed E-state index contributed by atoms with van der Waals surface area (Å²) >= 11 is 0. The van der Waals surface area contributed by atoms with Gasteiger partial charge in [0.2, 0.25) is 0 Å². The second-order valence-corrected chi connectivity index (χ2v) is 5.49. The van der Waals surface area contributed by atoms with Gasteiger partial charge in [-0.3, -0.25) is 9.98 Å². The fourth-order valence-electron chi connectivity index (χ4n) is 1.85. The van der Waals surface area contributed by atoms with E-state index < -0.39 is 11.7 Å². The molecule has 0 bridgehead atoms. The van der Waals surface area contributed by atoms with E-state index in [1.54, 1.807) is 19.5 Å². The summed E-state index contributed by atoms with van der Waals surface area (Å²) in [5, 5.41) is 10.1. The number of aliphatic hydroxyl groups is 1. The lowest BCUT2D eigenvalue weighted by molar-refractivity contribution is -0.119. The van der Waals surface area contributed by atoms with Crippen molar-refractivity contribution in [2.75, 3.05) is 7.05 Å². The maximum Gasteiger partial charge on any atom is 0.0892 e. The molecule has 0 fully saturated rings. The van der Waals surface area contributed by atoms with Gasteiger partial charge in [-0.1, -0.05) is 25.5 Å². The lowest BCUT2D eigenvalue weighted by atomic mass is 9.97. The standard InChI is InChI=1S/C17H30N2O2/c1-7-9-16(20)17(4,5)21-14(3)10-11-15(8-2)19-13-12-18-6/h8,10-14,16,20H,7,9H2,1-6H3/b11-10-,15-8+,18-12?,19-13?. The molecule has 0 saturated heterocycles. The Bertz CT molecular complexity index is 396. The van der Waals surface area contributed by atoms with Crippen LogP contribution in [0.25, 0.3) is 0 Å². The van der Waals surface area contributed by atoms with Crippen molar-refractivity contribution in [1.82, 2.24) is 0 Å². The quantitative estimate of drug-likeness (QED) is 0.522. The van der Waals surface area contributed by atoms with Crippen LogP contribution in [0.2, 0.25) is 0 Å². The minimum absolute atomic E-state index is 0.100. The molecule has 120 valence electrons. The Hall–Kier alpha value is -1.26. The predicted octanol–water partition coefficient (Wildman–Crippen LogP) is 3.56. The van der Waals surface area contributed by atoms with Gasteiger partial charge in [0.05, 0.1) is 23.5 Å². The van der Waals surface area contributed by atoms with E-state index in [1.807, 2.05) is 45.9 Å². The van der Waals surface area contributed by atoms with Crippen molar-refractivity contribution in [3.63, 3.8) is 0 Å². The molecule has 4 heteroatoms. The first-order chi connectivity index (χ1) is 9.87. The summed E-state index contributed by atoms with van der Waals surface area (Å²) in [6.45, 7) is 9.79. The van der Waals surface area contributed by atoms with Crippen LogP contribution >= 0.6 is 0 Å². The Morgan fingerprint density at radius 3 is 2.52 bits per heavy atom. The lowest BCUT2D eigenvalue weighted by Gasteiger charge is -2.32. The fraction of sp³-hybridized carbons (Fsp3) is 0.647. The third-order valence-corrected chi connectivity index (χ3v) is 3.13. The Labute approximate surface area is 129 Å². The highest BCUT2D eigenvalue weighted by Crippen LogP contribution is 2.21. The molecule has 21 heavy (non-hydrogen) atoms. The molecule has 2 unspecified atom stereocenters. The molecule has 0 heterocycles. The number of rotatable bonds is 9. The molecule has 0 saturated carbocycles. The van der Waals surface area contributed by atoms with Crippen molar-refractivity contribution < 1.29 is 9.84 Å². The summed E-state index contributed by atoms with van der Waals surface area (Å²) in [5.74, 6) is 0. The van der Waals surface area contributed by atoms with Gasteiger partial charge in [0.25, 0.3) is 0 Å². The highest BCUT2D eigenvalue weighted by Gasteiger charge is 2.29. The lowest BCUT2D eigenvalue weighted by Crippen LogP contribution is -2.41. The Morgan fingerprint density at radius 2 is 2.00 bits per heavy atom. The van der Waals surface area contributed by atoms with Gasteiger partial charge >= 0.3 is 0 Å². The van der Waals surface area contributed by atoms with Crippen molar-refractivity contribution >= 4 is 12.4 Å². The molecule has 0 spiro atoms. The van der Waals surface area contributed by atoms with Gasteiger partial charge in [0, 0.05) is 19.5 Å². The normalized spacial score (nSPS) is 17.2. The van der Waals surface area contributed by atoms with Crippen molar-refractivity contribution in [3.8, 4) is 0 Å². The van der Waals surface area contributed by atoms with Crippen LogP contribution in [0.5, 0.6) is 0 Å². The van der Waals surface area contributed by atoms with Crippen LogP contribution in [0, 0.1) is 0 Å². The van der Waals surface area contributed by atoms with Gasteiger partial charge in [-0.15, -0.1) is 0 Å². The highest BCUT2D eigenvalue weighted by molar-refractivity contribution is 6.16. The predicted molar refractivity (Wildman–Crippen MR) is 91.3 cm³/mol. The largest absolute Gasteiger partial charge is 0.390 e. The maximum atomic E-state index is 10.1. The summed E-state index contributed by atoms with van der Waals surface area (Å²) in [5.41, 5.74) is 0.283. The van der Waals surface area contributed by atoms with E-state index in [1.165, 1.54) is 0 Å². The summed E-state index contributed by atoms with van der Waals surface area (Å²) in [4.78, 5) is 8.10. The van der Waals surface area contributed by atoms with E-state index in [0.29, 0.717) is 0 Å². The third kappa shape index (κ3) is 8.58. The fourth-order valence-corrected chi connectivity index (χ4v) is 1.85. The van der Waals surface area contributed by atoms with E-state index in [-0.39, 0.29) is 6.10 Å². The SMILES string of the molecule is C/C=C(\C=C/C(C)OC(C)(C)C(O)CCC)N=CC=NC. The molecule has 0 aromatic carbocycles. The van der Waals surface area contributed by atoms with Crippen LogP contribution < -0.4 is 0 Å². The van der Waals surface area contributed by atoms with Crippen molar-refractivity contribution in [2.45, 2.75) is 65.3 Å². The molecule has 0 aromatic heterocycles. The van der Waals surface area contributed by atoms with E-state index in [9.17, 15) is 5.11 Å². The van der Waals surface area contributed by atoms with Gasteiger partial charge in [0.1, 0.15) is 0 Å². The van der Waals surface area contributed by atoms with E-state index in [2.05, 4.69) is 16.9 Å². The van der Waals surface area contributed by atoms with Crippen LogP contribution in [0.3, 0.4) is 0 Å². The Morgan fingerprint density at radius 1 is 1.33 bits per heavy atom. The molecule has 0 aliphatic rings. The summed E-state index contributed by atoms with van der Waals surface area (Å²) < 4.78 is 5.93. The number of aliphatic hydroxyl groups excluding tert-OH is 1. The van der Waals surface area contributed by atoms with Crippen molar-refractivity contribution in [1.29, 1.82) is 0 Å². The minimum Gasteiger partial charge on any atom is -0.390 e. The van der Waals surface area contributed by atoms with Crippen molar-refractivity contribution in [3.05, 3.63) is 23.9 Å². The monoisotopic (exact) mass is 294 g/mol. The molecular weight excluding hydrogens is 264 g/mol. The minimum atomic E-state index is -0.562. The van der Waals surface area contributed by atoms with E-state index >= 15 is 0 Å². The van der Waals surface area contributed by atoms with Gasteiger partial charge < -0.3 is 9.84 Å². The number of allylic oxidation sites excluding steroid dienone is 2. The number of hydrogen-bond donors (Lipinski definition) is 1. The van der Waals surface area contributed by atoms with Crippen LogP contribution in [-0.2, 0) is 4.74 Å². The number of ether oxygens (including phenoxy) is 1. The van der Waals surface area contributed by atoms with Gasteiger partial charge in [0.15, 0.2) is 0 Å². The first-order valence-electron chi connectivity index (χ1n) is 7.52. The molecule has 0 aliphatic heterocycles. The molecule has 4 nitrogen and oxygen atoms in total. The second kappa shape index (κ2) is 10.5. The summed E-state index contributed by atoms with van der Waals surface area (Å²) in [6.07, 6.45) is 10.2. The average molecular weight is 294 g/mol. The first kappa shape index (κ1) is 19.7. The molecule has 0 rings (SSSR count). The average Bonchev–Trinajstić information content (AvgIpc) is 2.42. The molecule has 0 amide bonds. The third-order valence-electron chi connectivity index (χ3n) is 3.13. The van der Waals surface area contributed by atoms with Crippen LogP contribution in [0.1, 0.15) is 47.5 Å². The Kier molecular flexibility index (Phi) is 9.84. The van der Waals surface area contributed by atoms with Gasteiger partial charge in [-0.05, 0) is 40.2 Å². The van der Waals surface area contributed by atoms with Crippen LogP contribution in [0.4, 0.5) is 0 Å². The van der Waals surface area contributed by atoms with Gasteiger partial charge in [-0.25, -0.2) is 0 Å². The smallest absolute Gasteiger partial charge is 0.0892 e. The zero-order chi connectivity index (χ0) is 16.3. The zero-order valence-corrected chi connectivity index (χ0v) is 14.2. The number of nitrogens with zero attached hydrogens (tertiary/aromatic N) is 2. The Balaban J connectivity index is 4.59. The zero-order valence-electron chi connectivity index (χ0n) is 14.2. The number of hydrogen-bond acceptors (Lipinski definition) is 4. The summed E-state index contributed by atoms with van der Waals surface area (Å²) in [6, 6.07) is 0. The maximum absolute atomic E-state index is 10.1. The molecular formula is C17H30N2O2. The summed E-state index contributed by atoms with van der Waals surface area (Å²) in [7, 11) is 1.71. The molecule has 0 aromatic rings. The van der Waals surface area contributed by atoms with Crippen LogP contribution in [-0.4, -0.2) is 42.4 Å². The van der Waals surface area contributed by atoms with Crippen molar-refractivity contribution in [2.24, 2.45) is 9.98 Å².